The number of hydrogen-bond acceptors (Lipinski definition) is 3. The van der Waals surface area contributed by atoms with E-state index in [2.05, 4.69) is 10.3 Å². The number of amides is 1. The number of nitrogens with zero attached hydrogens (tertiary/aromatic N) is 2. The second kappa shape index (κ2) is 5.11. The molecule has 0 unspecified atom stereocenters. The Morgan fingerprint density at radius 3 is 2.93 bits per heavy atom. The van der Waals surface area contributed by atoms with Crippen LogP contribution in [0.25, 0.3) is 0 Å². The molecule has 0 aliphatic heterocycles. The zero-order valence-electron chi connectivity index (χ0n) is 8.82. The molecule has 0 aromatic carbocycles. The molecule has 0 radical (unpaired) electrons. The highest BCUT2D eigenvalue weighted by Crippen LogP contribution is 2.01. The SMILES string of the molecule is CC(C)CNC(=O)c1cncc(C#N)c1. The molecule has 0 bridgehead atoms. The molecule has 0 saturated carbocycles. The lowest BCUT2D eigenvalue weighted by Gasteiger charge is -2.07. The highest BCUT2D eigenvalue weighted by atomic mass is 16.1. The molecule has 0 spiro atoms. The minimum atomic E-state index is -0.187. The summed E-state index contributed by atoms with van der Waals surface area (Å²) in [4.78, 5) is 15.4. The minimum Gasteiger partial charge on any atom is -0.352 e. The molecule has 78 valence electrons. The molecule has 0 aliphatic carbocycles. The lowest BCUT2D eigenvalue weighted by molar-refractivity contribution is 0.0948. The molecule has 1 N–H and O–H groups in total. The molecular weight excluding hydrogens is 190 g/mol. The van der Waals surface area contributed by atoms with Crippen LogP contribution in [0.2, 0.25) is 0 Å². The molecule has 1 aromatic heterocycles. The van der Waals surface area contributed by atoms with E-state index in [1.54, 1.807) is 0 Å². The average molecular weight is 203 g/mol. The molecule has 1 aromatic rings. The molecule has 1 heterocycles. The Balaban J connectivity index is 2.70. The largest absolute Gasteiger partial charge is 0.352 e. The molecular formula is C11H13N3O. The zero-order valence-corrected chi connectivity index (χ0v) is 8.82. The summed E-state index contributed by atoms with van der Waals surface area (Å²) in [6.45, 7) is 4.66. The van der Waals surface area contributed by atoms with Gasteiger partial charge in [-0.25, -0.2) is 0 Å². The van der Waals surface area contributed by atoms with E-state index in [1.807, 2.05) is 19.9 Å². The zero-order chi connectivity index (χ0) is 11.3. The van der Waals surface area contributed by atoms with Gasteiger partial charge in [-0.05, 0) is 12.0 Å². The third-order valence-electron chi connectivity index (χ3n) is 1.80. The number of aromatic nitrogens is 1. The van der Waals surface area contributed by atoms with E-state index >= 15 is 0 Å². The first-order valence-electron chi connectivity index (χ1n) is 4.77. The maximum Gasteiger partial charge on any atom is 0.252 e. The Hall–Kier alpha value is -1.89. The Morgan fingerprint density at radius 1 is 1.60 bits per heavy atom. The van der Waals surface area contributed by atoms with E-state index in [-0.39, 0.29) is 5.91 Å². The molecule has 0 saturated heterocycles. The van der Waals surface area contributed by atoms with Gasteiger partial charge in [0, 0.05) is 18.9 Å². The quantitative estimate of drug-likeness (QED) is 0.806. The summed E-state index contributed by atoms with van der Waals surface area (Å²) in [6.07, 6.45) is 2.88. The third kappa shape index (κ3) is 3.39. The molecule has 1 amide bonds. The average Bonchev–Trinajstić information content (AvgIpc) is 2.26. The maximum absolute atomic E-state index is 11.6. The van der Waals surface area contributed by atoms with Crippen molar-refractivity contribution in [3.05, 3.63) is 29.6 Å². The van der Waals surface area contributed by atoms with Crippen molar-refractivity contribution in [3.8, 4) is 6.07 Å². The van der Waals surface area contributed by atoms with Crippen LogP contribution >= 0.6 is 0 Å². The van der Waals surface area contributed by atoms with Gasteiger partial charge in [-0.15, -0.1) is 0 Å². The van der Waals surface area contributed by atoms with Gasteiger partial charge in [-0.3, -0.25) is 9.78 Å². The standard InChI is InChI=1S/C11H13N3O/c1-8(2)5-14-11(15)10-3-9(4-12)6-13-7-10/h3,6-8H,5H2,1-2H3,(H,14,15). The van der Waals surface area contributed by atoms with Crippen LogP contribution in [0, 0.1) is 17.2 Å². The fourth-order valence-electron chi connectivity index (χ4n) is 1.02. The van der Waals surface area contributed by atoms with E-state index in [0.29, 0.717) is 23.6 Å². The molecule has 0 aliphatic rings. The van der Waals surface area contributed by atoms with Gasteiger partial charge >= 0.3 is 0 Å². The van der Waals surface area contributed by atoms with Crippen LogP contribution in [-0.2, 0) is 0 Å². The summed E-state index contributed by atoms with van der Waals surface area (Å²) in [5.41, 5.74) is 0.821. The van der Waals surface area contributed by atoms with Crippen molar-refractivity contribution in [2.24, 2.45) is 5.92 Å². The van der Waals surface area contributed by atoms with Crippen LogP contribution in [0.5, 0.6) is 0 Å². The van der Waals surface area contributed by atoms with Crippen LogP contribution in [0.3, 0.4) is 0 Å². The summed E-state index contributed by atoms with van der Waals surface area (Å²) < 4.78 is 0. The normalized spacial score (nSPS) is 9.73. The van der Waals surface area contributed by atoms with Gasteiger partial charge in [-0.1, -0.05) is 13.8 Å². The predicted octanol–water partition coefficient (Wildman–Crippen LogP) is 1.34. The van der Waals surface area contributed by atoms with E-state index < -0.39 is 0 Å². The smallest absolute Gasteiger partial charge is 0.252 e. The number of nitriles is 1. The Morgan fingerprint density at radius 2 is 2.33 bits per heavy atom. The fraction of sp³-hybridized carbons (Fsp3) is 0.364. The van der Waals surface area contributed by atoms with Crippen LogP contribution < -0.4 is 5.32 Å². The van der Waals surface area contributed by atoms with Crippen molar-refractivity contribution in [2.45, 2.75) is 13.8 Å². The van der Waals surface area contributed by atoms with Crippen molar-refractivity contribution >= 4 is 5.91 Å². The lowest BCUT2D eigenvalue weighted by Crippen LogP contribution is -2.27. The summed E-state index contributed by atoms with van der Waals surface area (Å²) in [5.74, 6) is 0.217. The second-order valence-corrected chi connectivity index (χ2v) is 3.68. The van der Waals surface area contributed by atoms with Crippen LogP contribution in [0.4, 0.5) is 0 Å². The monoisotopic (exact) mass is 203 g/mol. The van der Waals surface area contributed by atoms with Crippen LogP contribution in [-0.4, -0.2) is 17.4 Å². The maximum atomic E-state index is 11.6. The van der Waals surface area contributed by atoms with E-state index in [1.165, 1.54) is 18.5 Å². The molecule has 4 nitrogen and oxygen atoms in total. The first-order chi connectivity index (χ1) is 7.13. The van der Waals surface area contributed by atoms with Gasteiger partial charge in [0.25, 0.3) is 5.91 Å². The van der Waals surface area contributed by atoms with Crippen molar-refractivity contribution in [2.75, 3.05) is 6.54 Å². The second-order valence-electron chi connectivity index (χ2n) is 3.68. The van der Waals surface area contributed by atoms with Crippen molar-refractivity contribution in [1.29, 1.82) is 5.26 Å². The van der Waals surface area contributed by atoms with Crippen LogP contribution in [0.1, 0.15) is 29.8 Å². The van der Waals surface area contributed by atoms with Crippen molar-refractivity contribution in [3.63, 3.8) is 0 Å². The highest BCUT2D eigenvalue weighted by molar-refractivity contribution is 5.94. The molecule has 4 heteroatoms. The number of hydrogen-bond donors (Lipinski definition) is 1. The first kappa shape index (κ1) is 11.2. The summed E-state index contributed by atoms with van der Waals surface area (Å²) in [7, 11) is 0. The number of rotatable bonds is 3. The van der Waals surface area contributed by atoms with E-state index in [9.17, 15) is 4.79 Å². The fourth-order valence-corrected chi connectivity index (χ4v) is 1.02. The Kier molecular flexibility index (Phi) is 3.81. The van der Waals surface area contributed by atoms with Crippen molar-refractivity contribution in [1.82, 2.24) is 10.3 Å². The van der Waals surface area contributed by atoms with Gasteiger partial charge in [-0.2, -0.15) is 5.26 Å². The highest BCUT2D eigenvalue weighted by Gasteiger charge is 2.06. The third-order valence-corrected chi connectivity index (χ3v) is 1.80. The van der Waals surface area contributed by atoms with Gasteiger partial charge in [0.15, 0.2) is 0 Å². The number of carbonyl (C=O) groups excluding carboxylic acids is 1. The summed E-state index contributed by atoms with van der Waals surface area (Å²) >= 11 is 0. The van der Waals surface area contributed by atoms with Crippen LogP contribution in [0.15, 0.2) is 18.5 Å². The van der Waals surface area contributed by atoms with E-state index in [4.69, 9.17) is 5.26 Å². The molecule has 0 fully saturated rings. The Labute approximate surface area is 88.9 Å². The van der Waals surface area contributed by atoms with Gasteiger partial charge in [0.2, 0.25) is 0 Å². The molecule has 1 rings (SSSR count). The minimum absolute atomic E-state index is 0.187. The van der Waals surface area contributed by atoms with E-state index in [0.717, 1.165) is 0 Å². The number of pyridine rings is 1. The van der Waals surface area contributed by atoms with Gasteiger partial charge in [0.05, 0.1) is 11.1 Å². The molecule has 15 heavy (non-hydrogen) atoms. The first-order valence-corrected chi connectivity index (χ1v) is 4.77. The van der Waals surface area contributed by atoms with Gasteiger partial charge < -0.3 is 5.32 Å². The number of nitrogens with one attached hydrogen (secondary N) is 1. The number of carbonyl (C=O) groups is 1. The lowest BCUT2D eigenvalue weighted by atomic mass is 10.2. The predicted molar refractivity (Wildman–Crippen MR) is 56.1 cm³/mol. The Bertz CT molecular complexity index is 393. The van der Waals surface area contributed by atoms with Gasteiger partial charge in [0.1, 0.15) is 6.07 Å². The topological polar surface area (TPSA) is 65.8 Å². The summed E-state index contributed by atoms with van der Waals surface area (Å²) in [5, 5.41) is 11.4. The molecule has 0 atom stereocenters. The summed E-state index contributed by atoms with van der Waals surface area (Å²) in [6, 6.07) is 3.48. The van der Waals surface area contributed by atoms with Crippen molar-refractivity contribution < 1.29 is 4.79 Å².